The molecule has 0 fully saturated rings. The minimum atomic E-state index is -4.67. The zero-order valence-corrected chi connectivity index (χ0v) is 15.6. The van der Waals surface area contributed by atoms with E-state index >= 15 is 0 Å². The number of methoxy groups -OCH3 is 1. The number of benzene rings is 1. The van der Waals surface area contributed by atoms with Crippen molar-refractivity contribution < 1.29 is 30.8 Å². The maximum absolute atomic E-state index is 12.6. The van der Waals surface area contributed by atoms with Gasteiger partial charge in [0.25, 0.3) is 10.0 Å². The number of sulfonamides is 1. The number of hydrogen-bond donors (Lipinski definition) is 1. The van der Waals surface area contributed by atoms with Crippen molar-refractivity contribution in [1.82, 2.24) is 5.16 Å². The van der Waals surface area contributed by atoms with Gasteiger partial charge in [0.05, 0.1) is 17.7 Å². The van der Waals surface area contributed by atoms with Gasteiger partial charge in [-0.15, -0.1) is 11.3 Å². The molecule has 0 aliphatic heterocycles. The monoisotopic (exact) mass is 418 g/mol. The van der Waals surface area contributed by atoms with Gasteiger partial charge in [-0.05, 0) is 36.8 Å². The number of hydrogen-bond acceptors (Lipinski definition) is 6. The van der Waals surface area contributed by atoms with Crippen molar-refractivity contribution in [1.29, 1.82) is 0 Å². The molecular formula is C16H13F3N2O4S2. The lowest BCUT2D eigenvalue weighted by molar-refractivity contribution is -0.155. The number of nitrogens with zero attached hydrogens (tertiary/aromatic N) is 1. The lowest BCUT2D eigenvalue weighted by Crippen LogP contribution is -2.12. The molecule has 0 bridgehead atoms. The van der Waals surface area contributed by atoms with E-state index in [1.807, 2.05) is 0 Å². The SMILES string of the molecule is COc1ccc(C)cc1NS(=O)(=O)c1ccc(-c2cc(C(F)(F)F)on2)s1. The van der Waals surface area contributed by atoms with Crippen molar-refractivity contribution in [3.05, 3.63) is 47.7 Å². The van der Waals surface area contributed by atoms with Crippen LogP contribution in [-0.4, -0.2) is 20.7 Å². The number of nitrogens with one attached hydrogen (secondary N) is 1. The molecule has 27 heavy (non-hydrogen) atoms. The fourth-order valence-electron chi connectivity index (χ4n) is 2.22. The van der Waals surface area contributed by atoms with Crippen LogP contribution in [0.2, 0.25) is 0 Å². The summed E-state index contributed by atoms with van der Waals surface area (Å²) in [5, 5.41) is 3.35. The summed E-state index contributed by atoms with van der Waals surface area (Å²) in [6.45, 7) is 1.79. The normalized spacial score (nSPS) is 12.2. The Morgan fingerprint density at radius 3 is 2.56 bits per heavy atom. The Bertz CT molecular complexity index is 1070. The molecule has 0 unspecified atom stereocenters. The van der Waals surface area contributed by atoms with E-state index in [1.165, 1.54) is 19.2 Å². The molecule has 1 N–H and O–H groups in total. The molecule has 6 nitrogen and oxygen atoms in total. The molecule has 0 radical (unpaired) electrons. The quantitative estimate of drug-likeness (QED) is 0.658. The average Bonchev–Trinajstić information content (AvgIpc) is 3.24. The van der Waals surface area contributed by atoms with Crippen LogP contribution in [0.5, 0.6) is 5.75 Å². The van der Waals surface area contributed by atoms with E-state index in [1.54, 1.807) is 25.1 Å². The van der Waals surface area contributed by atoms with Crippen molar-refractivity contribution in [3.8, 4) is 16.3 Å². The van der Waals surface area contributed by atoms with Crippen molar-refractivity contribution in [2.24, 2.45) is 0 Å². The average molecular weight is 418 g/mol. The van der Waals surface area contributed by atoms with Gasteiger partial charge in [-0.25, -0.2) is 8.42 Å². The predicted molar refractivity (Wildman–Crippen MR) is 93.4 cm³/mol. The Morgan fingerprint density at radius 1 is 1.19 bits per heavy atom. The second kappa shape index (κ2) is 6.89. The number of halogens is 3. The molecule has 2 heterocycles. The van der Waals surface area contributed by atoms with Gasteiger partial charge in [-0.2, -0.15) is 13.2 Å². The molecule has 1 aromatic carbocycles. The molecule has 3 rings (SSSR count). The molecule has 0 aliphatic carbocycles. The Labute approximate surface area is 156 Å². The summed E-state index contributed by atoms with van der Waals surface area (Å²) < 4.78 is 74.8. The van der Waals surface area contributed by atoms with Gasteiger partial charge in [-0.3, -0.25) is 4.72 Å². The summed E-state index contributed by atoms with van der Waals surface area (Å²) in [5.74, 6) is -0.912. The third-order valence-electron chi connectivity index (χ3n) is 3.49. The lowest BCUT2D eigenvalue weighted by atomic mass is 10.2. The molecule has 0 aliphatic rings. The van der Waals surface area contributed by atoms with Crippen LogP contribution in [0.25, 0.3) is 10.6 Å². The minimum Gasteiger partial charge on any atom is -0.495 e. The highest BCUT2D eigenvalue weighted by Gasteiger charge is 2.36. The van der Waals surface area contributed by atoms with Crippen LogP contribution in [0.3, 0.4) is 0 Å². The van der Waals surface area contributed by atoms with E-state index in [0.717, 1.165) is 23.0 Å². The van der Waals surface area contributed by atoms with Gasteiger partial charge in [0.15, 0.2) is 0 Å². The fourth-order valence-corrected chi connectivity index (χ4v) is 4.54. The number of ether oxygens (including phenoxy) is 1. The van der Waals surface area contributed by atoms with Gasteiger partial charge in [0.2, 0.25) is 5.76 Å². The summed E-state index contributed by atoms with van der Waals surface area (Å²) in [7, 11) is -2.55. The topological polar surface area (TPSA) is 81.4 Å². The number of alkyl halides is 3. The smallest absolute Gasteiger partial charge is 0.452 e. The maximum Gasteiger partial charge on any atom is 0.452 e. The zero-order valence-electron chi connectivity index (χ0n) is 14.0. The van der Waals surface area contributed by atoms with Crippen LogP contribution in [0.1, 0.15) is 11.3 Å². The number of thiophene rings is 1. The fraction of sp³-hybridized carbons (Fsp3) is 0.188. The molecule has 0 amide bonds. The molecule has 3 aromatic rings. The first-order valence-electron chi connectivity index (χ1n) is 7.42. The molecular weight excluding hydrogens is 405 g/mol. The minimum absolute atomic E-state index is 0.0855. The van der Waals surface area contributed by atoms with Crippen LogP contribution >= 0.6 is 11.3 Å². The van der Waals surface area contributed by atoms with Gasteiger partial charge >= 0.3 is 6.18 Å². The second-order valence-electron chi connectivity index (χ2n) is 5.50. The highest BCUT2D eigenvalue weighted by Crippen LogP contribution is 2.36. The summed E-state index contributed by atoms with van der Waals surface area (Å²) in [4.78, 5) is 0.228. The Hall–Kier alpha value is -2.53. The van der Waals surface area contributed by atoms with Crippen molar-refractivity contribution in [3.63, 3.8) is 0 Å². The standard InChI is InChI=1S/C16H13F3N2O4S2/c1-9-3-4-12(24-2)10(7-9)21-27(22,23)15-6-5-13(26-15)11-8-14(25-20-11)16(17,18)19/h3-8,21H,1-2H3. The number of rotatable bonds is 5. The second-order valence-corrected chi connectivity index (χ2v) is 8.50. The Morgan fingerprint density at radius 2 is 1.93 bits per heavy atom. The van der Waals surface area contributed by atoms with E-state index < -0.39 is 22.0 Å². The molecule has 0 atom stereocenters. The summed E-state index contributed by atoms with van der Waals surface area (Å²) >= 11 is 0.773. The van der Waals surface area contributed by atoms with E-state index in [9.17, 15) is 21.6 Å². The van der Waals surface area contributed by atoms with Crippen LogP contribution < -0.4 is 9.46 Å². The third kappa shape index (κ3) is 4.08. The van der Waals surface area contributed by atoms with Gasteiger partial charge < -0.3 is 9.26 Å². The van der Waals surface area contributed by atoms with Gasteiger partial charge in [-0.1, -0.05) is 11.2 Å². The van der Waals surface area contributed by atoms with Crippen LogP contribution in [-0.2, 0) is 16.2 Å². The molecule has 0 spiro atoms. The zero-order chi connectivity index (χ0) is 19.8. The summed E-state index contributed by atoms with van der Waals surface area (Å²) in [6, 6.07) is 8.37. The number of aromatic nitrogens is 1. The van der Waals surface area contributed by atoms with E-state index in [0.29, 0.717) is 5.75 Å². The van der Waals surface area contributed by atoms with Gasteiger partial charge in [0, 0.05) is 6.07 Å². The van der Waals surface area contributed by atoms with Crippen LogP contribution in [0.15, 0.2) is 45.1 Å². The molecule has 2 aromatic heterocycles. The highest BCUT2D eigenvalue weighted by molar-refractivity contribution is 7.94. The van der Waals surface area contributed by atoms with Crippen molar-refractivity contribution in [2.75, 3.05) is 11.8 Å². The van der Waals surface area contributed by atoms with Gasteiger partial charge in [0.1, 0.15) is 15.7 Å². The largest absolute Gasteiger partial charge is 0.495 e. The van der Waals surface area contributed by atoms with Crippen LogP contribution in [0.4, 0.5) is 18.9 Å². The first-order valence-corrected chi connectivity index (χ1v) is 9.72. The Kier molecular flexibility index (Phi) is 4.91. The van der Waals surface area contributed by atoms with E-state index in [4.69, 9.17) is 4.74 Å². The molecule has 11 heteroatoms. The first kappa shape index (κ1) is 19.2. The summed E-state index contributed by atoms with van der Waals surface area (Å²) in [6.07, 6.45) is -4.67. The van der Waals surface area contributed by atoms with E-state index in [-0.39, 0.29) is 20.5 Å². The number of anilines is 1. The maximum atomic E-state index is 12.6. The van der Waals surface area contributed by atoms with E-state index in [2.05, 4.69) is 14.4 Å². The van der Waals surface area contributed by atoms with Crippen molar-refractivity contribution in [2.45, 2.75) is 17.3 Å². The highest BCUT2D eigenvalue weighted by atomic mass is 32.2. The number of aryl methyl sites for hydroxylation is 1. The van der Waals surface area contributed by atoms with Crippen LogP contribution in [0, 0.1) is 6.92 Å². The summed E-state index contributed by atoms with van der Waals surface area (Å²) in [5.41, 5.74) is 0.984. The van der Waals surface area contributed by atoms with Crippen molar-refractivity contribution >= 4 is 27.0 Å². The first-order chi connectivity index (χ1) is 12.6. The lowest BCUT2D eigenvalue weighted by Gasteiger charge is -2.11. The molecule has 0 saturated heterocycles. The Balaban J connectivity index is 1.89. The predicted octanol–water partition coefficient (Wildman–Crippen LogP) is 4.54. The third-order valence-corrected chi connectivity index (χ3v) is 6.45. The molecule has 144 valence electrons. The molecule has 0 saturated carbocycles.